The van der Waals surface area contributed by atoms with Crippen molar-refractivity contribution in [2.45, 2.75) is 58.2 Å². The minimum absolute atomic E-state index is 0.542. The van der Waals surface area contributed by atoms with Crippen molar-refractivity contribution in [2.24, 2.45) is 0 Å². The van der Waals surface area contributed by atoms with E-state index in [1.165, 1.54) is 36.3 Å². The van der Waals surface area contributed by atoms with Crippen molar-refractivity contribution >= 4 is 28.6 Å². The van der Waals surface area contributed by atoms with Crippen LogP contribution in [0, 0.1) is 20.8 Å². The second kappa shape index (κ2) is 5.52. The van der Waals surface area contributed by atoms with Crippen LogP contribution < -0.4 is 5.73 Å². The zero-order valence-electron chi connectivity index (χ0n) is 13.3. The van der Waals surface area contributed by atoms with Crippen molar-refractivity contribution < 1.29 is 0 Å². The van der Waals surface area contributed by atoms with Crippen molar-refractivity contribution in [1.82, 2.24) is 14.5 Å². The highest BCUT2D eigenvalue weighted by atomic mass is 32.2. The van der Waals surface area contributed by atoms with E-state index in [4.69, 9.17) is 10.7 Å². The normalized spacial score (nSPS) is 22.3. The number of fused-ring (bicyclic) bond motifs is 1. The largest absolute Gasteiger partial charge is 0.383 e. The van der Waals surface area contributed by atoms with Gasteiger partial charge in [0.15, 0.2) is 0 Å². The SMILES string of the molecule is CCSC1CCCC1n1c(C)c(C)c2c(N)nc(C)nc21. The minimum atomic E-state index is 0.542. The maximum Gasteiger partial charge on any atom is 0.146 e. The molecule has 1 fully saturated rings. The molecule has 2 heterocycles. The lowest BCUT2D eigenvalue weighted by atomic mass is 10.2. The lowest BCUT2D eigenvalue weighted by molar-refractivity contribution is 0.530. The molecule has 0 radical (unpaired) electrons. The molecule has 0 saturated heterocycles. The van der Waals surface area contributed by atoms with Gasteiger partial charge < -0.3 is 10.3 Å². The molecule has 0 bridgehead atoms. The average Bonchev–Trinajstić information content (AvgIpc) is 2.95. The molecule has 1 saturated carbocycles. The number of aryl methyl sites for hydroxylation is 2. The first-order valence-corrected chi connectivity index (χ1v) is 8.82. The molecule has 5 heteroatoms. The van der Waals surface area contributed by atoms with E-state index in [1.54, 1.807) is 0 Å². The topological polar surface area (TPSA) is 56.7 Å². The van der Waals surface area contributed by atoms with Crippen LogP contribution in [0.25, 0.3) is 11.0 Å². The Labute approximate surface area is 130 Å². The Kier molecular flexibility index (Phi) is 3.86. The highest BCUT2D eigenvalue weighted by Gasteiger charge is 2.32. The fourth-order valence-corrected chi connectivity index (χ4v) is 4.89. The molecule has 0 spiro atoms. The van der Waals surface area contributed by atoms with Crippen LogP contribution in [0.15, 0.2) is 0 Å². The van der Waals surface area contributed by atoms with E-state index in [0.717, 1.165) is 16.9 Å². The standard InChI is InChI=1S/C16H24N4S/c1-5-21-13-8-6-7-12(13)20-10(3)9(2)14-15(17)18-11(4)19-16(14)20/h12-13H,5-8H2,1-4H3,(H2,17,18,19). The van der Waals surface area contributed by atoms with Gasteiger partial charge in [-0.25, -0.2) is 9.97 Å². The number of nitrogens with zero attached hydrogens (tertiary/aromatic N) is 3. The Hall–Kier alpha value is -1.23. The van der Waals surface area contributed by atoms with E-state index in [9.17, 15) is 0 Å². The molecular formula is C16H24N4S. The van der Waals surface area contributed by atoms with Gasteiger partial charge >= 0.3 is 0 Å². The van der Waals surface area contributed by atoms with Crippen molar-refractivity contribution in [3.05, 3.63) is 17.1 Å². The summed E-state index contributed by atoms with van der Waals surface area (Å²) in [5, 5.41) is 1.74. The summed E-state index contributed by atoms with van der Waals surface area (Å²) in [6, 6.07) is 0.542. The third kappa shape index (κ3) is 2.31. The molecule has 3 rings (SSSR count). The predicted octanol–water partition coefficient (Wildman–Crippen LogP) is 3.79. The van der Waals surface area contributed by atoms with Gasteiger partial charge in [-0.15, -0.1) is 0 Å². The first-order chi connectivity index (χ1) is 10.0. The summed E-state index contributed by atoms with van der Waals surface area (Å²) in [5.41, 5.74) is 9.72. The molecule has 114 valence electrons. The van der Waals surface area contributed by atoms with Crippen LogP contribution in [0.3, 0.4) is 0 Å². The first-order valence-electron chi connectivity index (χ1n) is 7.77. The molecule has 0 aromatic carbocycles. The number of hydrogen-bond donors (Lipinski definition) is 1. The second-order valence-electron chi connectivity index (χ2n) is 5.93. The molecule has 2 N–H and O–H groups in total. The van der Waals surface area contributed by atoms with Crippen LogP contribution in [0.5, 0.6) is 0 Å². The van der Waals surface area contributed by atoms with Crippen LogP contribution in [0.1, 0.15) is 49.3 Å². The van der Waals surface area contributed by atoms with Crippen LogP contribution in [0.2, 0.25) is 0 Å². The van der Waals surface area contributed by atoms with Crippen LogP contribution in [0.4, 0.5) is 5.82 Å². The fourth-order valence-electron chi connectivity index (χ4n) is 3.65. The molecule has 1 aliphatic carbocycles. The number of aromatic nitrogens is 3. The van der Waals surface area contributed by atoms with Gasteiger partial charge in [-0.05, 0) is 44.9 Å². The Morgan fingerprint density at radius 2 is 2.00 bits per heavy atom. The molecule has 21 heavy (non-hydrogen) atoms. The molecule has 2 atom stereocenters. The zero-order chi connectivity index (χ0) is 15.1. The summed E-state index contributed by atoms with van der Waals surface area (Å²) < 4.78 is 2.44. The van der Waals surface area contributed by atoms with Crippen molar-refractivity contribution in [3.63, 3.8) is 0 Å². The number of hydrogen-bond acceptors (Lipinski definition) is 4. The van der Waals surface area contributed by atoms with E-state index in [-0.39, 0.29) is 0 Å². The number of rotatable bonds is 3. The van der Waals surface area contributed by atoms with Gasteiger partial charge in [0.05, 0.1) is 5.39 Å². The van der Waals surface area contributed by atoms with Crippen molar-refractivity contribution in [1.29, 1.82) is 0 Å². The van der Waals surface area contributed by atoms with Crippen LogP contribution in [-0.2, 0) is 0 Å². The van der Waals surface area contributed by atoms with Gasteiger partial charge in [-0.1, -0.05) is 13.3 Å². The lowest BCUT2D eigenvalue weighted by Crippen LogP contribution is -2.18. The van der Waals surface area contributed by atoms with E-state index in [0.29, 0.717) is 17.1 Å². The number of nitrogens with two attached hydrogens (primary N) is 1. The molecule has 2 unspecified atom stereocenters. The Morgan fingerprint density at radius 1 is 1.24 bits per heavy atom. The zero-order valence-corrected chi connectivity index (χ0v) is 14.1. The number of nitrogen functional groups attached to an aromatic ring is 1. The quantitative estimate of drug-likeness (QED) is 0.937. The van der Waals surface area contributed by atoms with Gasteiger partial charge in [0.2, 0.25) is 0 Å². The average molecular weight is 304 g/mol. The maximum atomic E-state index is 6.16. The predicted molar refractivity (Wildman–Crippen MR) is 91.0 cm³/mol. The van der Waals surface area contributed by atoms with E-state index >= 15 is 0 Å². The van der Waals surface area contributed by atoms with Gasteiger partial charge in [-0.2, -0.15) is 11.8 Å². The minimum Gasteiger partial charge on any atom is -0.383 e. The van der Waals surface area contributed by atoms with Gasteiger partial charge in [-0.3, -0.25) is 0 Å². The monoisotopic (exact) mass is 304 g/mol. The van der Waals surface area contributed by atoms with Gasteiger partial charge in [0.1, 0.15) is 17.3 Å². The third-order valence-corrected chi connectivity index (χ3v) is 5.98. The van der Waals surface area contributed by atoms with Gasteiger partial charge in [0, 0.05) is 17.0 Å². The number of anilines is 1. The van der Waals surface area contributed by atoms with Gasteiger partial charge in [0.25, 0.3) is 0 Å². The summed E-state index contributed by atoms with van der Waals surface area (Å²) in [6.45, 7) is 8.50. The summed E-state index contributed by atoms with van der Waals surface area (Å²) in [7, 11) is 0. The highest BCUT2D eigenvalue weighted by molar-refractivity contribution is 7.99. The first kappa shape index (κ1) is 14.7. The van der Waals surface area contributed by atoms with Crippen LogP contribution >= 0.6 is 11.8 Å². The van der Waals surface area contributed by atoms with Crippen molar-refractivity contribution in [3.8, 4) is 0 Å². The summed E-state index contributed by atoms with van der Waals surface area (Å²) in [6.07, 6.45) is 3.85. The number of thioether (sulfide) groups is 1. The molecule has 0 aliphatic heterocycles. The Morgan fingerprint density at radius 3 is 2.71 bits per heavy atom. The molecule has 1 aliphatic rings. The second-order valence-corrected chi connectivity index (χ2v) is 7.44. The maximum absolute atomic E-state index is 6.16. The molecule has 2 aromatic rings. The van der Waals surface area contributed by atoms with E-state index < -0.39 is 0 Å². The van der Waals surface area contributed by atoms with Crippen LogP contribution in [-0.4, -0.2) is 25.5 Å². The summed E-state index contributed by atoms with van der Waals surface area (Å²) >= 11 is 2.08. The Bertz CT molecular complexity index is 677. The molecule has 4 nitrogen and oxygen atoms in total. The summed E-state index contributed by atoms with van der Waals surface area (Å²) in [4.78, 5) is 9.07. The van der Waals surface area contributed by atoms with E-state index in [1.807, 2.05) is 6.92 Å². The van der Waals surface area contributed by atoms with Crippen molar-refractivity contribution in [2.75, 3.05) is 11.5 Å². The Balaban J connectivity index is 2.20. The molecule has 0 amide bonds. The highest BCUT2D eigenvalue weighted by Crippen LogP contribution is 2.42. The third-order valence-electron chi connectivity index (χ3n) is 4.67. The molecular weight excluding hydrogens is 280 g/mol. The fraction of sp³-hybridized carbons (Fsp3) is 0.625. The summed E-state index contributed by atoms with van der Waals surface area (Å²) in [5.74, 6) is 2.56. The van der Waals surface area contributed by atoms with E-state index in [2.05, 4.69) is 42.1 Å². The smallest absolute Gasteiger partial charge is 0.146 e. The lowest BCUT2D eigenvalue weighted by Gasteiger charge is -2.23. The molecule has 2 aromatic heterocycles.